The van der Waals surface area contributed by atoms with E-state index in [0.717, 1.165) is 12.1 Å². The van der Waals surface area contributed by atoms with E-state index in [1.165, 1.54) is 36.4 Å². The van der Waals surface area contributed by atoms with Crippen molar-refractivity contribution in [1.29, 1.82) is 0 Å². The predicted molar refractivity (Wildman–Crippen MR) is 210 cm³/mol. The number of amides is 2. The van der Waals surface area contributed by atoms with Crippen LogP contribution in [0, 0.1) is 10.8 Å². The van der Waals surface area contributed by atoms with Gasteiger partial charge in [0.1, 0.15) is 0 Å². The second-order valence-electron chi connectivity index (χ2n) is 16.5. The first-order valence-corrected chi connectivity index (χ1v) is 28.5. The molecule has 0 radical (unpaired) electrons. The molecule has 0 spiro atoms. The molecule has 4 nitrogen and oxygen atoms in total. The van der Waals surface area contributed by atoms with Crippen LogP contribution >= 0.6 is 17.0 Å². The van der Waals surface area contributed by atoms with Gasteiger partial charge in [-0.1, -0.05) is 0 Å². The number of carbonyl (C=O) groups excluding carboxylic acids is 2. The van der Waals surface area contributed by atoms with Gasteiger partial charge in [-0.05, 0) is 0 Å². The SMILES string of the molecule is CC(C)(C)C1=Cc2c(-c3ccccc3C(F)(F)F)cccc2[CH]1[Zr]([Cl])([Cl])([B](NC=O)NC=O)[CH]1C(C(C)(C)C)=Cc2c(-c3ccccc3C(F)(F)F)cccc21. The molecule has 6 rings (SSSR count). The van der Waals surface area contributed by atoms with Crippen molar-refractivity contribution in [3.8, 4) is 22.3 Å². The molecule has 2 N–H and O–H groups in total. The summed E-state index contributed by atoms with van der Waals surface area (Å²) in [6.07, 6.45) is -4.92. The fourth-order valence-corrected chi connectivity index (χ4v) is 29.7. The summed E-state index contributed by atoms with van der Waals surface area (Å²) in [6, 6.07) is 20.6. The molecule has 14 heteroatoms. The summed E-state index contributed by atoms with van der Waals surface area (Å²) in [5.74, 6) is 0. The van der Waals surface area contributed by atoms with Gasteiger partial charge in [-0.3, -0.25) is 0 Å². The van der Waals surface area contributed by atoms with Crippen molar-refractivity contribution in [2.75, 3.05) is 0 Å². The first kappa shape index (κ1) is 42.0. The molecule has 56 heavy (non-hydrogen) atoms. The van der Waals surface area contributed by atoms with Crippen LogP contribution in [0.3, 0.4) is 0 Å². The molecule has 2 atom stereocenters. The molecule has 0 saturated carbocycles. The predicted octanol–water partition coefficient (Wildman–Crippen LogP) is 12.2. The number of hydrogen-bond donors (Lipinski definition) is 2. The molecule has 0 fully saturated rings. The number of allylic oxidation sites excluding steroid dienone is 2. The molecular weight excluding hydrogens is 851 g/mol. The molecule has 293 valence electrons. The zero-order valence-electron chi connectivity index (χ0n) is 31.5. The summed E-state index contributed by atoms with van der Waals surface area (Å²) in [5.41, 5.74) is 0.667. The van der Waals surface area contributed by atoms with E-state index in [1.54, 1.807) is 36.4 Å². The summed E-state index contributed by atoms with van der Waals surface area (Å²) in [7, 11) is 17.0. The number of fused-ring (bicyclic) bond motifs is 2. The van der Waals surface area contributed by atoms with Gasteiger partial charge in [0.2, 0.25) is 0 Å². The van der Waals surface area contributed by atoms with E-state index in [2.05, 4.69) is 10.5 Å². The van der Waals surface area contributed by atoms with Crippen LogP contribution in [0.15, 0.2) is 96.1 Å². The van der Waals surface area contributed by atoms with Gasteiger partial charge in [-0.15, -0.1) is 0 Å². The van der Waals surface area contributed by atoms with Gasteiger partial charge in [0.15, 0.2) is 0 Å². The van der Waals surface area contributed by atoms with Gasteiger partial charge in [-0.25, -0.2) is 0 Å². The van der Waals surface area contributed by atoms with Crippen molar-refractivity contribution in [3.05, 3.63) is 129 Å². The monoisotopic (exact) mass is 889 g/mol. The molecule has 0 saturated heterocycles. The maximum atomic E-state index is 14.5. The van der Waals surface area contributed by atoms with E-state index in [4.69, 9.17) is 17.0 Å². The molecule has 0 heterocycles. The molecule has 0 aliphatic heterocycles. The van der Waals surface area contributed by atoms with E-state index in [0.29, 0.717) is 46.2 Å². The quantitative estimate of drug-likeness (QED) is 0.0999. The van der Waals surface area contributed by atoms with E-state index < -0.39 is 62.2 Å². The second kappa shape index (κ2) is 14.4. The Morgan fingerprint density at radius 1 is 0.554 bits per heavy atom. The van der Waals surface area contributed by atoms with Gasteiger partial charge in [0.05, 0.1) is 0 Å². The number of benzene rings is 4. The third-order valence-electron chi connectivity index (χ3n) is 11.0. The zero-order chi connectivity index (χ0) is 41.2. The number of hydrogen-bond acceptors (Lipinski definition) is 2. The molecule has 2 aliphatic rings. The molecule has 2 unspecified atom stereocenters. The Labute approximate surface area is 330 Å². The number of nitrogens with one attached hydrogen (secondary N) is 2. The standard InChI is InChI=1S/2C20H18F3.C2H3BN2O2.2ClH.Zr/c2*1-19(2,3)14-11-13-7-6-9-15(17(13)12-14)16-8-4-5-10-18(16)20(21,22)23;6-1-4-3-5-2-7;;;/h2*4-12H,1-3H3;1-2H,(H-,4,5,6,7);2*1H;/q;;;;;+1/p-1. The summed E-state index contributed by atoms with van der Waals surface area (Å²) in [4.78, 5) is 25.0. The second-order valence-corrected chi connectivity index (χ2v) is 37.9. The van der Waals surface area contributed by atoms with E-state index in [9.17, 15) is 35.9 Å². The van der Waals surface area contributed by atoms with Gasteiger partial charge < -0.3 is 0 Å². The average molecular weight is 892 g/mol. The zero-order valence-corrected chi connectivity index (χ0v) is 35.4. The third kappa shape index (κ3) is 7.02. The Balaban J connectivity index is 1.75. The van der Waals surface area contributed by atoms with Crippen molar-refractivity contribution in [2.24, 2.45) is 10.8 Å². The van der Waals surface area contributed by atoms with Crippen molar-refractivity contribution < 1.29 is 52.1 Å². The van der Waals surface area contributed by atoms with Crippen molar-refractivity contribution in [1.82, 2.24) is 10.5 Å². The van der Waals surface area contributed by atoms with Gasteiger partial charge >= 0.3 is 333 Å². The average Bonchev–Trinajstić information content (AvgIpc) is 3.73. The summed E-state index contributed by atoms with van der Waals surface area (Å²) >= 11 is -6.51. The van der Waals surface area contributed by atoms with Crippen molar-refractivity contribution in [3.63, 3.8) is 0 Å². The summed E-state index contributed by atoms with van der Waals surface area (Å²) in [6.45, 7) is 11.6. The van der Waals surface area contributed by atoms with E-state index in [-0.39, 0.29) is 22.3 Å². The van der Waals surface area contributed by atoms with Gasteiger partial charge in [0, 0.05) is 0 Å². The molecule has 0 aromatic heterocycles. The Morgan fingerprint density at radius 2 is 0.893 bits per heavy atom. The normalized spacial score (nSPS) is 17.9. The van der Waals surface area contributed by atoms with Crippen molar-refractivity contribution >= 4 is 46.5 Å². The number of rotatable bonds is 9. The number of carbonyl (C=O) groups is 2. The van der Waals surface area contributed by atoms with E-state index >= 15 is 0 Å². The molecular formula is C42H40BCl2F6N2O2Zr. The van der Waals surface area contributed by atoms with Crippen LogP contribution in [0.4, 0.5) is 26.3 Å². The molecule has 2 aliphatic carbocycles. The molecule has 4 aromatic rings. The van der Waals surface area contributed by atoms with Crippen LogP contribution in [0.5, 0.6) is 0 Å². The molecule has 0 bridgehead atoms. The Kier molecular flexibility index (Phi) is 10.8. The van der Waals surface area contributed by atoms with Crippen molar-refractivity contribution in [2.45, 2.75) is 61.1 Å². The number of alkyl halides is 6. The van der Waals surface area contributed by atoms with Crippen LogP contribution in [0.2, 0.25) is 0 Å². The maximum absolute atomic E-state index is 14.5. The first-order valence-electron chi connectivity index (χ1n) is 18.0. The van der Waals surface area contributed by atoms with Crippen LogP contribution in [-0.4, -0.2) is 17.3 Å². The fraction of sp³-hybridized carbons (Fsp3) is 0.286. The Hall–Kier alpha value is -3.59. The van der Waals surface area contributed by atoms with Crippen LogP contribution in [0.1, 0.15) is 82.2 Å². The van der Waals surface area contributed by atoms with E-state index in [1.807, 2.05) is 53.7 Å². The first-order chi connectivity index (χ1) is 26.0. The topological polar surface area (TPSA) is 58.2 Å². The Bertz CT molecular complexity index is 2140. The fourth-order valence-electron chi connectivity index (χ4n) is 8.69. The van der Waals surface area contributed by atoms with Crippen LogP contribution in [0.25, 0.3) is 34.4 Å². The third-order valence-corrected chi connectivity index (χ3v) is 30.8. The minimum atomic E-state index is -6.51. The van der Waals surface area contributed by atoms with Gasteiger partial charge in [-0.2, -0.15) is 0 Å². The number of halogens is 8. The minimum absolute atomic E-state index is 0.0518. The molecule has 4 aromatic carbocycles. The van der Waals surface area contributed by atoms with Crippen LogP contribution in [-0.2, 0) is 38.1 Å². The molecule has 2 amide bonds. The van der Waals surface area contributed by atoms with Gasteiger partial charge in [0.25, 0.3) is 0 Å². The summed E-state index contributed by atoms with van der Waals surface area (Å²) in [5, 5.41) is 5.46. The summed E-state index contributed by atoms with van der Waals surface area (Å²) < 4.78 is 83.8. The van der Waals surface area contributed by atoms with Crippen LogP contribution < -0.4 is 10.5 Å². The Morgan fingerprint density at radius 3 is 1.21 bits per heavy atom.